The maximum absolute atomic E-state index is 14.0. The fourth-order valence-electron chi connectivity index (χ4n) is 4.18. The van der Waals surface area contributed by atoms with Crippen LogP contribution >= 0.6 is 11.5 Å². The topological polar surface area (TPSA) is 114 Å². The number of amides is 1. The first-order valence-corrected chi connectivity index (χ1v) is 14.7. The number of sulfonamides is 1. The molecule has 2 aromatic carbocycles. The van der Waals surface area contributed by atoms with Crippen molar-refractivity contribution < 1.29 is 44.6 Å². The number of hydrogen-bond donors (Lipinski definition) is 1. The van der Waals surface area contributed by atoms with Crippen LogP contribution in [0.5, 0.6) is 11.8 Å². The number of nitrogens with zero attached hydrogens (tertiary/aromatic N) is 4. The van der Waals surface area contributed by atoms with Crippen LogP contribution in [0, 0.1) is 0 Å². The molecule has 0 saturated carbocycles. The lowest BCUT2D eigenvalue weighted by molar-refractivity contribution is -0.274. The first-order chi connectivity index (χ1) is 19.7. The number of anilines is 1. The minimum absolute atomic E-state index is 0.0721. The number of benzene rings is 2. The van der Waals surface area contributed by atoms with Crippen molar-refractivity contribution in [2.24, 2.45) is 0 Å². The number of ether oxygens (including phenoxy) is 2. The quantitative estimate of drug-likeness (QED) is 0.331. The number of aromatic nitrogens is 2. The van der Waals surface area contributed by atoms with Gasteiger partial charge in [0.2, 0.25) is 21.1 Å². The molecule has 2 heterocycles. The first-order valence-electron chi connectivity index (χ1n) is 12.5. The molecule has 1 amide bonds. The molecule has 1 atom stereocenters. The van der Waals surface area contributed by atoms with Crippen LogP contribution in [0.4, 0.5) is 27.1 Å². The minimum atomic E-state index is -4.95. The Morgan fingerprint density at radius 1 is 1.07 bits per heavy atom. The number of hydrogen-bond acceptors (Lipinski definition) is 9. The molecule has 0 bridgehead atoms. The molecule has 1 fully saturated rings. The van der Waals surface area contributed by atoms with Gasteiger partial charge in [-0.25, -0.2) is 17.2 Å². The standard InChI is InChI=1S/C25H26F5N5O5S2/c1-3-24(26,27)17-6-4-16(5-7-17)14-31-21(36)20-15-34(23-32-22(39-2)33-41-23)12-13-35(20)42(37,38)19-10-8-18(9-11-19)40-25(28,29)30/h4-11,20H,3,12-15H2,1-2H3,(H,31,36)/t20-/m1/s1. The zero-order valence-electron chi connectivity index (χ0n) is 22.3. The molecule has 4 rings (SSSR count). The maximum atomic E-state index is 14.0. The smallest absolute Gasteiger partial charge is 0.466 e. The molecule has 1 aromatic heterocycles. The summed E-state index contributed by atoms with van der Waals surface area (Å²) < 4.78 is 106. The van der Waals surface area contributed by atoms with Crippen LogP contribution in [0.1, 0.15) is 24.5 Å². The van der Waals surface area contributed by atoms with E-state index in [1.807, 2.05) is 0 Å². The summed E-state index contributed by atoms with van der Waals surface area (Å²) in [5.41, 5.74) is 0.342. The largest absolute Gasteiger partial charge is 0.573 e. The number of halogens is 5. The SMILES string of the molecule is CCC(F)(F)c1ccc(CNC(=O)[C@H]2CN(c3nc(OC)ns3)CCN2S(=O)(=O)c2ccc(OC(F)(F)F)cc2)cc1. The highest BCUT2D eigenvalue weighted by molar-refractivity contribution is 7.89. The molecule has 0 aliphatic carbocycles. The van der Waals surface area contributed by atoms with Crippen LogP contribution in [0.15, 0.2) is 53.4 Å². The maximum Gasteiger partial charge on any atom is 0.573 e. The molecule has 1 aliphatic heterocycles. The second-order valence-electron chi connectivity index (χ2n) is 9.13. The molecule has 42 heavy (non-hydrogen) atoms. The van der Waals surface area contributed by atoms with E-state index in [4.69, 9.17) is 4.74 Å². The van der Waals surface area contributed by atoms with Crippen LogP contribution in [0.3, 0.4) is 0 Å². The molecule has 1 aliphatic rings. The summed E-state index contributed by atoms with van der Waals surface area (Å²) in [6.07, 6.45) is -5.32. The Labute approximate surface area is 242 Å². The number of rotatable bonds is 10. The number of piperazine rings is 1. The van der Waals surface area contributed by atoms with Crippen LogP contribution in [-0.2, 0) is 27.3 Å². The summed E-state index contributed by atoms with van der Waals surface area (Å²) in [4.78, 5) is 18.9. The number of carbonyl (C=O) groups is 1. The molecule has 228 valence electrons. The molecule has 1 saturated heterocycles. The molecule has 0 spiro atoms. The van der Waals surface area contributed by atoms with Gasteiger partial charge in [-0.15, -0.1) is 17.5 Å². The number of methoxy groups -OCH3 is 1. The molecule has 1 N–H and O–H groups in total. The van der Waals surface area contributed by atoms with Gasteiger partial charge in [-0.05, 0) is 29.8 Å². The Hall–Kier alpha value is -3.57. The Bertz CT molecular complexity index is 1480. The fourth-order valence-corrected chi connectivity index (χ4v) is 6.43. The van der Waals surface area contributed by atoms with E-state index in [0.29, 0.717) is 10.7 Å². The van der Waals surface area contributed by atoms with Gasteiger partial charge < -0.3 is 19.7 Å². The van der Waals surface area contributed by atoms with Crippen LogP contribution in [-0.4, -0.2) is 67.1 Å². The van der Waals surface area contributed by atoms with Gasteiger partial charge in [-0.1, -0.05) is 31.2 Å². The van der Waals surface area contributed by atoms with Crippen molar-refractivity contribution in [1.29, 1.82) is 0 Å². The normalized spacial score (nSPS) is 16.7. The van der Waals surface area contributed by atoms with E-state index in [0.717, 1.165) is 40.1 Å². The van der Waals surface area contributed by atoms with Crippen molar-refractivity contribution in [3.05, 3.63) is 59.7 Å². The summed E-state index contributed by atoms with van der Waals surface area (Å²) in [5.74, 6) is -4.28. The van der Waals surface area contributed by atoms with Crippen molar-refractivity contribution in [2.75, 3.05) is 31.6 Å². The van der Waals surface area contributed by atoms with Crippen molar-refractivity contribution in [3.8, 4) is 11.8 Å². The zero-order valence-corrected chi connectivity index (χ0v) is 23.9. The van der Waals surface area contributed by atoms with Gasteiger partial charge in [0.15, 0.2) is 0 Å². The van der Waals surface area contributed by atoms with Crippen LogP contribution in [0.25, 0.3) is 0 Å². The van der Waals surface area contributed by atoms with E-state index in [2.05, 4.69) is 19.4 Å². The summed E-state index contributed by atoms with van der Waals surface area (Å²) in [7, 11) is -2.98. The third-order valence-electron chi connectivity index (χ3n) is 6.43. The molecular weight excluding hydrogens is 609 g/mol. The second kappa shape index (κ2) is 12.3. The number of nitrogens with one attached hydrogen (secondary N) is 1. The van der Waals surface area contributed by atoms with E-state index in [9.17, 15) is 35.2 Å². The Kier molecular flexibility index (Phi) is 9.22. The molecule has 3 aromatic rings. The summed E-state index contributed by atoms with van der Waals surface area (Å²) >= 11 is 0.994. The van der Waals surface area contributed by atoms with Gasteiger partial charge in [0.25, 0.3) is 5.92 Å². The van der Waals surface area contributed by atoms with E-state index in [1.165, 1.54) is 38.3 Å². The van der Waals surface area contributed by atoms with E-state index < -0.39 is 40.0 Å². The van der Waals surface area contributed by atoms with Gasteiger partial charge in [0.05, 0.1) is 12.0 Å². The second-order valence-corrected chi connectivity index (χ2v) is 11.8. The monoisotopic (exact) mass is 635 g/mol. The molecule has 17 heteroatoms. The predicted molar refractivity (Wildman–Crippen MR) is 142 cm³/mol. The molecule has 0 radical (unpaired) electrons. The van der Waals surface area contributed by atoms with Gasteiger partial charge in [0.1, 0.15) is 11.8 Å². The average molecular weight is 636 g/mol. The number of alkyl halides is 5. The summed E-state index contributed by atoms with van der Waals surface area (Å²) in [6.45, 7) is 1.13. The lowest BCUT2D eigenvalue weighted by atomic mass is 10.0. The highest BCUT2D eigenvalue weighted by atomic mass is 32.2. The first kappa shape index (κ1) is 31.4. The fraction of sp³-hybridized carbons (Fsp3) is 0.400. The van der Waals surface area contributed by atoms with Crippen molar-refractivity contribution >= 4 is 32.6 Å². The van der Waals surface area contributed by atoms with Crippen LogP contribution in [0.2, 0.25) is 0 Å². The summed E-state index contributed by atoms with van der Waals surface area (Å²) in [5, 5.41) is 3.05. The molecular formula is C25H26F5N5O5S2. The Morgan fingerprint density at radius 3 is 2.31 bits per heavy atom. The third kappa shape index (κ3) is 7.25. The number of carbonyl (C=O) groups excluding carboxylic acids is 1. The highest BCUT2D eigenvalue weighted by Gasteiger charge is 2.41. The van der Waals surface area contributed by atoms with Crippen molar-refractivity contribution in [2.45, 2.75) is 43.1 Å². The van der Waals surface area contributed by atoms with Crippen molar-refractivity contribution in [3.63, 3.8) is 0 Å². The molecule has 10 nitrogen and oxygen atoms in total. The zero-order chi connectivity index (χ0) is 30.7. The third-order valence-corrected chi connectivity index (χ3v) is 9.12. The van der Waals surface area contributed by atoms with E-state index in [1.54, 1.807) is 4.90 Å². The van der Waals surface area contributed by atoms with Gasteiger partial charge in [-0.3, -0.25) is 4.79 Å². The van der Waals surface area contributed by atoms with Crippen molar-refractivity contribution in [1.82, 2.24) is 19.0 Å². The van der Waals surface area contributed by atoms with Gasteiger partial charge in [-0.2, -0.15) is 9.29 Å². The lowest BCUT2D eigenvalue weighted by Crippen LogP contribution is -2.60. The van der Waals surface area contributed by atoms with Gasteiger partial charge in [0, 0.05) is 49.7 Å². The minimum Gasteiger partial charge on any atom is -0.466 e. The van der Waals surface area contributed by atoms with Gasteiger partial charge >= 0.3 is 12.4 Å². The predicted octanol–water partition coefficient (Wildman–Crippen LogP) is 4.14. The molecule has 0 unspecified atom stereocenters. The average Bonchev–Trinajstić information content (AvgIpc) is 3.45. The Morgan fingerprint density at radius 2 is 1.74 bits per heavy atom. The summed E-state index contributed by atoms with van der Waals surface area (Å²) in [6, 6.07) is 7.88. The Balaban J connectivity index is 1.56. The van der Waals surface area contributed by atoms with Crippen LogP contribution < -0.4 is 19.7 Å². The highest BCUT2D eigenvalue weighted by Crippen LogP contribution is 2.32. The van der Waals surface area contributed by atoms with E-state index in [-0.39, 0.29) is 49.1 Å². The van der Waals surface area contributed by atoms with E-state index >= 15 is 0 Å². The lowest BCUT2D eigenvalue weighted by Gasteiger charge is -2.39.